The summed E-state index contributed by atoms with van der Waals surface area (Å²) in [5.41, 5.74) is 5.63. The molecule has 1 aliphatic rings. The number of rotatable bonds is 3. The van der Waals surface area contributed by atoms with Crippen LogP contribution in [-0.4, -0.2) is 48.1 Å². The Labute approximate surface area is 86.0 Å². The summed E-state index contributed by atoms with van der Waals surface area (Å²) in [6.45, 7) is 7.04. The predicted molar refractivity (Wildman–Crippen MR) is 57.1 cm³/mol. The molecule has 2 amide bonds. The second-order valence-corrected chi connectivity index (χ2v) is 3.68. The molecule has 1 rings (SSSR count). The zero-order valence-electron chi connectivity index (χ0n) is 9.20. The second-order valence-electron chi connectivity index (χ2n) is 3.68. The largest absolute Gasteiger partial charge is 0.328 e. The minimum absolute atomic E-state index is 0.156. The van der Waals surface area contributed by atoms with Crippen molar-refractivity contribution in [2.45, 2.75) is 32.7 Å². The van der Waals surface area contributed by atoms with Crippen LogP contribution in [0.25, 0.3) is 0 Å². The summed E-state index contributed by atoms with van der Waals surface area (Å²) >= 11 is 0. The summed E-state index contributed by atoms with van der Waals surface area (Å²) in [5.74, 6) is 0. The summed E-state index contributed by atoms with van der Waals surface area (Å²) in [4.78, 5) is 15.8. The molecule has 1 saturated heterocycles. The van der Waals surface area contributed by atoms with Gasteiger partial charge in [0.15, 0.2) is 0 Å². The van der Waals surface area contributed by atoms with Gasteiger partial charge in [-0.3, -0.25) is 0 Å². The van der Waals surface area contributed by atoms with Crippen LogP contribution in [0, 0.1) is 0 Å². The molecule has 82 valence electrons. The molecule has 1 heterocycles. The molecule has 0 aromatic heterocycles. The molecule has 1 atom stereocenters. The summed E-state index contributed by atoms with van der Waals surface area (Å²) in [5, 5.41) is 0. The Morgan fingerprint density at radius 1 is 1.50 bits per heavy atom. The van der Waals surface area contributed by atoms with Gasteiger partial charge >= 0.3 is 6.03 Å². The topological polar surface area (TPSA) is 49.6 Å². The minimum Gasteiger partial charge on any atom is -0.328 e. The summed E-state index contributed by atoms with van der Waals surface area (Å²) in [6, 6.07) is 0.422. The molecule has 0 aromatic rings. The van der Waals surface area contributed by atoms with Gasteiger partial charge < -0.3 is 15.5 Å². The van der Waals surface area contributed by atoms with Gasteiger partial charge in [0, 0.05) is 32.2 Å². The SMILES string of the molecule is CCN(CC)C(=O)N1CCCC1CN. The van der Waals surface area contributed by atoms with E-state index < -0.39 is 0 Å². The average molecular weight is 199 g/mol. The zero-order chi connectivity index (χ0) is 10.6. The van der Waals surface area contributed by atoms with Gasteiger partial charge in [-0.1, -0.05) is 0 Å². The first-order valence-corrected chi connectivity index (χ1v) is 5.50. The summed E-state index contributed by atoms with van der Waals surface area (Å²) < 4.78 is 0. The highest BCUT2D eigenvalue weighted by atomic mass is 16.2. The van der Waals surface area contributed by atoms with E-state index in [9.17, 15) is 4.79 Å². The smallest absolute Gasteiger partial charge is 0.320 e. The van der Waals surface area contributed by atoms with Crippen molar-refractivity contribution >= 4 is 6.03 Å². The van der Waals surface area contributed by atoms with Gasteiger partial charge in [0.1, 0.15) is 0 Å². The quantitative estimate of drug-likeness (QED) is 0.733. The molecule has 4 nitrogen and oxygen atoms in total. The van der Waals surface area contributed by atoms with Crippen molar-refractivity contribution in [1.82, 2.24) is 9.80 Å². The lowest BCUT2D eigenvalue weighted by Gasteiger charge is -2.29. The normalized spacial score (nSPS) is 21.4. The summed E-state index contributed by atoms with van der Waals surface area (Å²) in [7, 11) is 0. The molecule has 0 spiro atoms. The maximum absolute atomic E-state index is 12.0. The van der Waals surface area contributed by atoms with Gasteiger partial charge in [-0.15, -0.1) is 0 Å². The lowest BCUT2D eigenvalue weighted by atomic mass is 10.2. The summed E-state index contributed by atoms with van der Waals surface area (Å²) in [6.07, 6.45) is 2.15. The van der Waals surface area contributed by atoms with Gasteiger partial charge in [0.25, 0.3) is 0 Å². The highest BCUT2D eigenvalue weighted by Gasteiger charge is 2.29. The Hall–Kier alpha value is -0.770. The van der Waals surface area contributed by atoms with E-state index in [1.54, 1.807) is 0 Å². The van der Waals surface area contributed by atoms with Crippen LogP contribution in [0.1, 0.15) is 26.7 Å². The van der Waals surface area contributed by atoms with E-state index in [2.05, 4.69) is 0 Å². The van der Waals surface area contributed by atoms with Crippen molar-refractivity contribution in [3.63, 3.8) is 0 Å². The van der Waals surface area contributed by atoms with E-state index in [0.717, 1.165) is 32.5 Å². The molecular formula is C10H21N3O. The lowest BCUT2D eigenvalue weighted by molar-refractivity contribution is 0.153. The van der Waals surface area contributed by atoms with E-state index in [0.29, 0.717) is 6.54 Å². The van der Waals surface area contributed by atoms with Crippen LogP contribution in [0.15, 0.2) is 0 Å². The molecule has 0 aromatic carbocycles. The molecule has 1 fully saturated rings. The first kappa shape index (κ1) is 11.3. The van der Waals surface area contributed by atoms with Crippen molar-refractivity contribution in [1.29, 1.82) is 0 Å². The Morgan fingerprint density at radius 3 is 2.64 bits per heavy atom. The molecule has 0 saturated carbocycles. The second kappa shape index (κ2) is 5.20. The van der Waals surface area contributed by atoms with Crippen molar-refractivity contribution in [2.75, 3.05) is 26.2 Å². The molecule has 0 bridgehead atoms. The number of hydrogen-bond donors (Lipinski definition) is 1. The van der Waals surface area contributed by atoms with E-state index in [1.165, 1.54) is 0 Å². The van der Waals surface area contributed by atoms with Crippen molar-refractivity contribution in [2.24, 2.45) is 5.73 Å². The maximum Gasteiger partial charge on any atom is 0.320 e. The third kappa shape index (κ3) is 2.18. The van der Waals surface area contributed by atoms with E-state index >= 15 is 0 Å². The number of carbonyl (C=O) groups is 1. The molecule has 14 heavy (non-hydrogen) atoms. The first-order chi connectivity index (χ1) is 6.74. The monoisotopic (exact) mass is 199 g/mol. The van der Waals surface area contributed by atoms with Crippen LogP contribution < -0.4 is 5.73 Å². The van der Waals surface area contributed by atoms with E-state index in [-0.39, 0.29) is 12.1 Å². The fourth-order valence-corrected chi connectivity index (χ4v) is 2.01. The predicted octanol–water partition coefficient (Wildman–Crippen LogP) is 0.871. The van der Waals surface area contributed by atoms with Gasteiger partial charge in [0.2, 0.25) is 0 Å². The number of likely N-dealkylation sites (tertiary alicyclic amines) is 1. The van der Waals surface area contributed by atoms with Gasteiger partial charge in [-0.2, -0.15) is 0 Å². The Balaban J connectivity index is 2.58. The molecule has 0 aliphatic carbocycles. The van der Waals surface area contributed by atoms with Crippen molar-refractivity contribution in [3.05, 3.63) is 0 Å². The van der Waals surface area contributed by atoms with E-state index in [1.807, 2.05) is 23.6 Å². The molecule has 2 N–H and O–H groups in total. The van der Waals surface area contributed by atoms with Crippen molar-refractivity contribution in [3.8, 4) is 0 Å². The molecule has 4 heteroatoms. The Morgan fingerprint density at radius 2 is 2.14 bits per heavy atom. The fourth-order valence-electron chi connectivity index (χ4n) is 2.01. The molecule has 1 aliphatic heterocycles. The van der Waals surface area contributed by atoms with Crippen LogP contribution in [-0.2, 0) is 0 Å². The van der Waals surface area contributed by atoms with E-state index in [4.69, 9.17) is 5.73 Å². The third-order valence-corrected chi connectivity index (χ3v) is 2.93. The minimum atomic E-state index is 0.156. The number of nitrogens with two attached hydrogens (primary N) is 1. The van der Waals surface area contributed by atoms with Gasteiger partial charge in [-0.05, 0) is 26.7 Å². The zero-order valence-corrected chi connectivity index (χ0v) is 9.20. The maximum atomic E-state index is 12.0. The fraction of sp³-hybridized carbons (Fsp3) is 0.900. The number of amides is 2. The van der Waals surface area contributed by atoms with Crippen molar-refractivity contribution < 1.29 is 4.79 Å². The Kier molecular flexibility index (Phi) is 4.20. The van der Waals surface area contributed by atoms with Crippen LogP contribution in [0.5, 0.6) is 0 Å². The molecule has 1 unspecified atom stereocenters. The van der Waals surface area contributed by atoms with Crippen LogP contribution >= 0.6 is 0 Å². The highest BCUT2D eigenvalue weighted by Crippen LogP contribution is 2.17. The number of carbonyl (C=O) groups excluding carboxylic acids is 1. The van der Waals surface area contributed by atoms with Crippen LogP contribution in [0.2, 0.25) is 0 Å². The van der Waals surface area contributed by atoms with Gasteiger partial charge in [0.05, 0.1) is 0 Å². The van der Waals surface area contributed by atoms with Crippen LogP contribution in [0.4, 0.5) is 4.79 Å². The highest BCUT2D eigenvalue weighted by molar-refractivity contribution is 5.75. The standard InChI is InChI=1S/C10H21N3O/c1-3-12(4-2)10(14)13-7-5-6-9(13)8-11/h9H,3-8,11H2,1-2H3. The lowest BCUT2D eigenvalue weighted by Crippen LogP contribution is -2.47. The van der Waals surface area contributed by atoms with Gasteiger partial charge in [-0.25, -0.2) is 4.79 Å². The number of urea groups is 1. The van der Waals surface area contributed by atoms with Crippen LogP contribution in [0.3, 0.4) is 0 Å². The molecular weight excluding hydrogens is 178 g/mol. The molecule has 0 radical (unpaired) electrons. The third-order valence-electron chi connectivity index (χ3n) is 2.93. The average Bonchev–Trinajstić information content (AvgIpc) is 2.67. The number of hydrogen-bond acceptors (Lipinski definition) is 2. The first-order valence-electron chi connectivity index (χ1n) is 5.50. The number of nitrogens with zero attached hydrogens (tertiary/aromatic N) is 2. The Bertz CT molecular complexity index is 192.